The molecule has 1 amide bonds. The fraction of sp³-hybridized carbons (Fsp3) is 0.625. The quantitative estimate of drug-likeness (QED) is 0.867. The predicted octanol–water partition coefficient (Wildman–Crippen LogP) is 2.44. The molecule has 20 heavy (non-hydrogen) atoms. The van der Waals surface area contributed by atoms with Crippen molar-refractivity contribution in [3.05, 3.63) is 29.6 Å². The first-order valence-electron chi connectivity index (χ1n) is 7.60. The second-order valence-corrected chi connectivity index (χ2v) is 5.65. The summed E-state index contributed by atoms with van der Waals surface area (Å²) in [7, 11) is 0. The molecule has 1 fully saturated rings. The number of aryl methyl sites for hydroxylation is 1. The molecule has 1 atom stereocenters. The van der Waals surface area contributed by atoms with E-state index in [1.807, 2.05) is 32.0 Å². The van der Waals surface area contributed by atoms with Crippen LogP contribution in [0.1, 0.15) is 50.0 Å². The van der Waals surface area contributed by atoms with Crippen LogP contribution in [0.3, 0.4) is 0 Å². The molecule has 1 N–H and O–H groups in total. The van der Waals surface area contributed by atoms with Crippen molar-refractivity contribution in [2.75, 3.05) is 19.6 Å². The SMILES string of the molecule is Cc1cccc(C(C)NC(=O)CCCN2CCCC2)n1. The van der Waals surface area contributed by atoms with Gasteiger partial charge in [0.2, 0.25) is 5.91 Å². The number of amides is 1. The number of nitrogens with zero attached hydrogens (tertiary/aromatic N) is 2. The van der Waals surface area contributed by atoms with E-state index < -0.39 is 0 Å². The molecule has 0 aromatic carbocycles. The highest BCUT2D eigenvalue weighted by atomic mass is 16.1. The van der Waals surface area contributed by atoms with Gasteiger partial charge in [0.05, 0.1) is 11.7 Å². The monoisotopic (exact) mass is 275 g/mol. The van der Waals surface area contributed by atoms with E-state index in [0.717, 1.165) is 24.4 Å². The highest BCUT2D eigenvalue weighted by molar-refractivity contribution is 5.76. The average Bonchev–Trinajstić information content (AvgIpc) is 2.92. The Morgan fingerprint density at radius 2 is 2.15 bits per heavy atom. The minimum Gasteiger partial charge on any atom is -0.348 e. The zero-order valence-corrected chi connectivity index (χ0v) is 12.6. The van der Waals surface area contributed by atoms with Gasteiger partial charge in [0.15, 0.2) is 0 Å². The molecule has 110 valence electrons. The Morgan fingerprint density at radius 3 is 2.85 bits per heavy atom. The fourth-order valence-electron chi connectivity index (χ4n) is 2.66. The maximum absolute atomic E-state index is 11.9. The summed E-state index contributed by atoms with van der Waals surface area (Å²) in [4.78, 5) is 18.8. The maximum Gasteiger partial charge on any atom is 0.220 e. The van der Waals surface area contributed by atoms with Gasteiger partial charge < -0.3 is 10.2 Å². The Bertz CT molecular complexity index is 441. The van der Waals surface area contributed by atoms with Crippen molar-refractivity contribution in [2.45, 2.75) is 45.6 Å². The van der Waals surface area contributed by atoms with Gasteiger partial charge in [0, 0.05) is 12.1 Å². The summed E-state index contributed by atoms with van der Waals surface area (Å²) in [6.07, 6.45) is 4.16. The Kier molecular flexibility index (Phi) is 5.53. The Hall–Kier alpha value is -1.42. The minimum atomic E-state index is -0.0193. The smallest absolute Gasteiger partial charge is 0.220 e. The van der Waals surface area contributed by atoms with Crippen LogP contribution >= 0.6 is 0 Å². The largest absolute Gasteiger partial charge is 0.348 e. The van der Waals surface area contributed by atoms with Crippen molar-refractivity contribution in [1.29, 1.82) is 0 Å². The Balaban J connectivity index is 1.70. The van der Waals surface area contributed by atoms with E-state index in [0.29, 0.717) is 6.42 Å². The maximum atomic E-state index is 11.9. The zero-order valence-electron chi connectivity index (χ0n) is 12.6. The molecule has 0 aliphatic carbocycles. The first-order chi connectivity index (χ1) is 9.65. The lowest BCUT2D eigenvalue weighted by molar-refractivity contribution is -0.121. The van der Waals surface area contributed by atoms with Gasteiger partial charge in [0.25, 0.3) is 0 Å². The molecule has 1 aliphatic heterocycles. The first kappa shape index (κ1) is 15.0. The van der Waals surface area contributed by atoms with E-state index >= 15 is 0 Å². The van der Waals surface area contributed by atoms with Crippen LogP contribution < -0.4 is 5.32 Å². The summed E-state index contributed by atoms with van der Waals surface area (Å²) >= 11 is 0. The number of pyridine rings is 1. The van der Waals surface area contributed by atoms with Gasteiger partial charge in [-0.1, -0.05) is 6.07 Å². The lowest BCUT2D eigenvalue weighted by Gasteiger charge is -2.16. The van der Waals surface area contributed by atoms with E-state index in [9.17, 15) is 4.79 Å². The molecule has 1 unspecified atom stereocenters. The molecule has 0 bridgehead atoms. The minimum absolute atomic E-state index is 0.0193. The summed E-state index contributed by atoms with van der Waals surface area (Å²) in [5, 5.41) is 3.03. The van der Waals surface area contributed by atoms with Crippen molar-refractivity contribution < 1.29 is 4.79 Å². The van der Waals surface area contributed by atoms with Crippen molar-refractivity contribution >= 4 is 5.91 Å². The van der Waals surface area contributed by atoms with E-state index in [4.69, 9.17) is 0 Å². The normalized spacial score (nSPS) is 17.1. The van der Waals surface area contributed by atoms with Crippen LogP contribution in [0.25, 0.3) is 0 Å². The van der Waals surface area contributed by atoms with Crippen LogP contribution in [0.4, 0.5) is 0 Å². The summed E-state index contributed by atoms with van der Waals surface area (Å²) in [5.74, 6) is 0.125. The Labute approximate surface area is 121 Å². The molecule has 0 radical (unpaired) electrons. The number of carbonyl (C=O) groups excluding carboxylic acids is 1. The molecule has 1 saturated heterocycles. The standard InChI is InChI=1S/C16H25N3O/c1-13-7-5-8-15(17-13)14(2)18-16(20)9-6-12-19-10-3-4-11-19/h5,7-8,14H,3-4,6,9-12H2,1-2H3,(H,18,20). The molecule has 2 heterocycles. The van der Waals surface area contributed by atoms with Crippen molar-refractivity contribution in [1.82, 2.24) is 15.2 Å². The number of hydrogen-bond donors (Lipinski definition) is 1. The molecule has 0 saturated carbocycles. The third-order valence-corrected chi connectivity index (χ3v) is 3.81. The molecular weight excluding hydrogens is 250 g/mol. The molecular formula is C16H25N3O. The molecule has 0 spiro atoms. The molecule has 2 rings (SSSR count). The second kappa shape index (κ2) is 7.39. The van der Waals surface area contributed by atoms with Gasteiger partial charge in [-0.05, 0) is 64.9 Å². The number of carbonyl (C=O) groups is 1. The van der Waals surface area contributed by atoms with Gasteiger partial charge in [0.1, 0.15) is 0 Å². The molecule has 1 aromatic rings. The number of hydrogen-bond acceptors (Lipinski definition) is 3. The topological polar surface area (TPSA) is 45.2 Å². The average molecular weight is 275 g/mol. The van der Waals surface area contributed by atoms with Gasteiger partial charge in [-0.2, -0.15) is 0 Å². The third kappa shape index (κ3) is 4.60. The van der Waals surface area contributed by atoms with Crippen LogP contribution in [-0.4, -0.2) is 35.4 Å². The van der Waals surface area contributed by atoms with E-state index in [1.165, 1.54) is 25.9 Å². The number of likely N-dealkylation sites (tertiary alicyclic amines) is 1. The molecule has 1 aliphatic rings. The van der Waals surface area contributed by atoms with Crippen molar-refractivity contribution in [3.63, 3.8) is 0 Å². The van der Waals surface area contributed by atoms with Gasteiger partial charge in [-0.15, -0.1) is 0 Å². The predicted molar refractivity (Wildman–Crippen MR) is 80.4 cm³/mol. The summed E-state index contributed by atoms with van der Waals surface area (Å²) in [5.41, 5.74) is 1.91. The number of rotatable bonds is 6. The van der Waals surface area contributed by atoms with E-state index in [-0.39, 0.29) is 11.9 Å². The highest BCUT2D eigenvalue weighted by Gasteiger charge is 2.13. The summed E-state index contributed by atoms with van der Waals surface area (Å²) in [6.45, 7) is 7.40. The Morgan fingerprint density at radius 1 is 1.40 bits per heavy atom. The van der Waals surface area contributed by atoms with Crippen molar-refractivity contribution in [3.8, 4) is 0 Å². The van der Waals surface area contributed by atoms with Gasteiger partial charge in [-0.3, -0.25) is 9.78 Å². The van der Waals surface area contributed by atoms with Crippen LogP contribution in [0, 0.1) is 6.92 Å². The van der Waals surface area contributed by atoms with Crippen LogP contribution in [0.2, 0.25) is 0 Å². The van der Waals surface area contributed by atoms with Gasteiger partial charge >= 0.3 is 0 Å². The third-order valence-electron chi connectivity index (χ3n) is 3.81. The first-order valence-corrected chi connectivity index (χ1v) is 7.60. The van der Waals surface area contributed by atoms with Gasteiger partial charge in [-0.25, -0.2) is 0 Å². The fourth-order valence-corrected chi connectivity index (χ4v) is 2.66. The molecule has 4 heteroatoms. The van der Waals surface area contributed by atoms with Crippen LogP contribution in [0.15, 0.2) is 18.2 Å². The lowest BCUT2D eigenvalue weighted by Crippen LogP contribution is -2.28. The molecule has 1 aromatic heterocycles. The van der Waals surface area contributed by atoms with E-state index in [2.05, 4.69) is 15.2 Å². The van der Waals surface area contributed by atoms with Crippen LogP contribution in [0.5, 0.6) is 0 Å². The van der Waals surface area contributed by atoms with Crippen molar-refractivity contribution in [2.24, 2.45) is 0 Å². The highest BCUT2D eigenvalue weighted by Crippen LogP contribution is 2.11. The molecule has 4 nitrogen and oxygen atoms in total. The summed E-state index contributed by atoms with van der Waals surface area (Å²) in [6, 6.07) is 5.89. The number of nitrogens with one attached hydrogen (secondary N) is 1. The van der Waals surface area contributed by atoms with Crippen LogP contribution in [-0.2, 0) is 4.79 Å². The lowest BCUT2D eigenvalue weighted by atomic mass is 10.2. The second-order valence-electron chi connectivity index (χ2n) is 5.65. The summed E-state index contributed by atoms with van der Waals surface area (Å²) < 4.78 is 0. The zero-order chi connectivity index (χ0) is 14.4. The number of aromatic nitrogens is 1. The van der Waals surface area contributed by atoms with E-state index in [1.54, 1.807) is 0 Å².